The van der Waals surface area contributed by atoms with Crippen molar-refractivity contribution < 1.29 is 11.9 Å². The first kappa shape index (κ1) is 5.28. The van der Waals surface area contributed by atoms with Crippen LogP contribution < -0.4 is 4.10 Å². The van der Waals surface area contributed by atoms with Crippen molar-refractivity contribution in [2.24, 2.45) is 0 Å². The first-order valence-electron chi connectivity index (χ1n) is 1.01. The molecule has 0 saturated heterocycles. The van der Waals surface area contributed by atoms with Gasteiger partial charge >= 0.3 is 31.8 Å². The van der Waals surface area contributed by atoms with Crippen LogP contribution in [0.15, 0.2) is 0 Å². The van der Waals surface area contributed by atoms with Gasteiger partial charge in [-0.15, -0.1) is 0 Å². The number of hydrogen-bond acceptors (Lipinski definition) is 2. The van der Waals surface area contributed by atoms with Crippen LogP contribution in [0.4, 0.5) is 0 Å². The summed E-state index contributed by atoms with van der Waals surface area (Å²) in [6.45, 7) is 0. The van der Waals surface area contributed by atoms with Crippen LogP contribution in [0.1, 0.15) is 0 Å². The Kier molecular flexibility index (Phi) is 1.23. The molecular weight excluding hydrogens is 135 g/mol. The SMILES string of the molecule is C[As](=O)([O-])O. The molecule has 0 saturated carbocycles. The third-order valence-electron chi connectivity index (χ3n) is 0. The van der Waals surface area contributed by atoms with E-state index < -0.39 is 14.2 Å². The second-order valence-electron chi connectivity index (χ2n) is 0.803. The molecule has 4 heteroatoms. The quantitative estimate of drug-likeness (QED) is 0.408. The fourth-order valence-electron chi connectivity index (χ4n) is 0. The molecule has 0 bridgehead atoms. The summed E-state index contributed by atoms with van der Waals surface area (Å²) in [7, 11) is 0. The van der Waals surface area contributed by atoms with Crippen molar-refractivity contribution >= 4 is 14.2 Å². The van der Waals surface area contributed by atoms with Crippen LogP contribution in [0, 0.1) is 0 Å². The summed E-state index contributed by atoms with van der Waals surface area (Å²) in [5.41, 5.74) is 0.804. The van der Waals surface area contributed by atoms with E-state index in [4.69, 9.17) is 4.10 Å². The monoisotopic (exact) mass is 139 g/mol. The molecule has 0 aliphatic carbocycles. The van der Waals surface area contributed by atoms with Crippen molar-refractivity contribution in [3.8, 4) is 0 Å². The molecule has 0 fully saturated rings. The molecule has 0 aliphatic rings. The molecule has 3 nitrogen and oxygen atoms in total. The Hall–Kier alpha value is 0.278. The molecule has 1 unspecified atom stereocenters. The van der Waals surface area contributed by atoms with Gasteiger partial charge in [-0.25, -0.2) is 0 Å². The van der Waals surface area contributed by atoms with Gasteiger partial charge in [0.25, 0.3) is 0 Å². The summed E-state index contributed by atoms with van der Waals surface area (Å²) in [4.78, 5) is 0. The third kappa shape index (κ3) is 286. The zero-order valence-electron chi connectivity index (χ0n) is 2.71. The fourth-order valence-corrected chi connectivity index (χ4v) is 0. The van der Waals surface area contributed by atoms with E-state index in [0.717, 1.165) is 5.71 Å². The Morgan fingerprint density at radius 3 is 2.00 bits per heavy atom. The average Bonchev–Trinajstić information content (AvgIpc) is 0.722. The number of rotatable bonds is 0. The summed E-state index contributed by atoms with van der Waals surface area (Å²) in [6.07, 6.45) is 0. The van der Waals surface area contributed by atoms with E-state index in [2.05, 4.69) is 0 Å². The van der Waals surface area contributed by atoms with E-state index in [1.54, 1.807) is 0 Å². The molecule has 0 aliphatic heterocycles. The van der Waals surface area contributed by atoms with Crippen molar-refractivity contribution in [3.05, 3.63) is 0 Å². The topological polar surface area (TPSA) is 60.4 Å². The van der Waals surface area contributed by atoms with Crippen LogP contribution >= 0.6 is 0 Å². The van der Waals surface area contributed by atoms with Gasteiger partial charge < -0.3 is 0 Å². The van der Waals surface area contributed by atoms with Crippen molar-refractivity contribution in [2.75, 3.05) is 0 Å². The Bertz CT molecular complexity index is 53.0. The molecule has 5 heavy (non-hydrogen) atoms. The summed E-state index contributed by atoms with van der Waals surface area (Å²) < 4.78 is 26.1. The van der Waals surface area contributed by atoms with Crippen LogP contribution in [-0.4, -0.2) is 18.3 Å². The minimum atomic E-state index is -4.38. The van der Waals surface area contributed by atoms with Crippen molar-refractivity contribution in [1.29, 1.82) is 0 Å². The van der Waals surface area contributed by atoms with Crippen molar-refractivity contribution in [2.45, 2.75) is 5.71 Å². The van der Waals surface area contributed by atoms with Crippen LogP contribution in [0.25, 0.3) is 0 Å². The zero-order chi connectivity index (χ0) is 4.50. The van der Waals surface area contributed by atoms with E-state index in [-0.39, 0.29) is 0 Å². The first-order chi connectivity index (χ1) is 2.00. The zero-order valence-corrected chi connectivity index (χ0v) is 4.59. The molecule has 0 aromatic rings. The molecule has 0 aromatic carbocycles. The Balaban J connectivity index is 3.47. The van der Waals surface area contributed by atoms with Gasteiger partial charge in [-0.1, -0.05) is 0 Å². The summed E-state index contributed by atoms with van der Waals surface area (Å²) >= 11 is -4.38. The Labute approximate surface area is 32.6 Å². The predicted octanol–water partition coefficient (Wildman–Crippen LogP) is -1.66. The second kappa shape index (κ2) is 1.17. The maximum atomic E-state index is 9.28. The summed E-state index contributed by atoms with van der Waals surface area (Å²) in [5, 5.41) is 0. The van der Waals surface area contributed by atoms with Gasteiger partial charge in [-0.2, -0.15) is 0 Å². The molecule has 0 rings (SSSR count). The number of hydrogen-bond donors (Lipinski definition) is 1. The van der Waals surface area contributed by atoms with Crippen LogP contribution in [0.3, 0.4) is 0 Å². The second-order valence-corrected chi connectivity index (χ2v) is 4.17. The average molecular weight is 139 g/mol. The molecule has 0 aromatic heterocycles. The first-order valence-corrected chi connectivity index (χ1v) is 5.26. The standard InChI is InChI=1S/CH5AsO3/c1-2(3,4)5/h1H3,(H2,3,4,5)/p-1. The van der Waals surface area contributed by atoms with Gasteiger partial charge in [0.1, 0.15) is 0 Å². The molecule has 1 atom stereocenters. The van der Waals surface area contributed by atoms with E-state index in [0.29, 0.717) is 0 Å². The van der Waals surface area contributed by atoms with E-state index in [1.807, 2.05) is 0 Å². The molecular formula is CH4AsO3-. The van der Waals surface area contributed by atoms with E-state index in [1.165, 1.54) is 0 Å². The molecule has 0 amide bonds. The Morgan fingerprint density at radius 1 is 2.00 bits per heavy atom. The molecule has 0 spiro atoms. The molecule has 32 valence electrons. The van der Waals surface area contributed by atoms with Crippen molar-refractivity contribution in [3.63, 3.8) is 0 Å². The van der Waals surface area contributed by atoms with Crippen LogP contribution in [-0.2, 0) is 3.74 Å². The molecule has 0 heterocycles. The van der Waals surface area contributed by atoms with Gasteiger partial charge in [0.15, 0.2) is 0 Å². The minimum absolute atomic E-state index is 0.804. The van der Waals surface area contributed by atoms with E-state index >= 15 is 0 Å². The third-order valence-corrected chi connectivity index (χ3v) is 0. The maximum absolute atomic E-state index is 9.28. The summed E-state index contributed by atoms with van der Waals surface area (Å²) in [6, 6.07) is 0. The van der Waals surface area contributed by atoms with Crippen LogP contribution in [0.2, 0.25) is 5.71 Å². The van der Waals surface area contributed by atoms with Crippen LogP contribution in [0.5, 0.6) is 0 Å². The Morgan fingerprint density at radius 2 is 2.00 bits per heavy atom. The van der Waals surface area contributed by atoms with Gasteiger partial charge in [0.2, 0.25) is 0 Å². The summed E-state index contributed by atoms with van der Waals surface area (Å²) in [5.74, 6) is 0. The van der Waals surface area contributed by atoms with Crippen molar-refractivity contribution in [1.82, 2.24) is 0 Å². The molecule has 1 N–H and O–H groups in total. The van der Waals surface area contributed by atoms with Gasteiger partial charge in [0.05, 0.1) is 0 Å². The molecule has 0 radical (unpaired) electrons. The van der Waals surface area contributed by atoms with E-state index in [9.17, 15) is 7.84 Å². The predicted molar refractivity (Wildman–Crippen MR) is 14.5 cm³/mol. The van der Waals surface area contributed by atoms with Gasteiger partial charge in [-0.3, -0.25) is 0 Å². The normalized spacial score (nSPS) is 21.4. The van der Waals surface area contributed by atoms with Gasteiger partial charge in [0, 0.05) is 0 Å². The van der Waals surface area contributed by atoms with Gasteiger partial charge in [-0.05, 0) is 0 Å². The fraction of sp³-hybridized carbons (Fsp3) is 1.00.